The van der Waals surface area contributed by atoms with Crippen LogP contribution in [0.25, 0.3) is 0 Å². The number of allylic oxidation sites excluding steroid dienone is 6. The summed E-state index contributed by atoms with van der Waals surface area (Å²) in [5.74, 6) is -0.0443. The lowest BCUT2D eigenvalue weighted by Crippen LogP contribution is -2.22. The average molecular weight is 528 g/mol. The van der Waals surface area contributed by atoms with Gasteiger partial charge < -0.3 is 5.11 Å². The summed E-state index contributed by atoms with van der Waals surface area (Å²) in [6.45, 7) is 2.09. The minimum atomic E-state index is -1.17. The summed E-state index contributed by atoms with van der Waals surface area (Å²) >= 11 is 6.79. The Balaban J connectivity index is 0.000000171. The van der Waals surface area contributed by atoms with Crippen LogP contribution in [0.3, 0.4) is 0 Å². The predicted octanol–water partition coefficient (Wildman–Crippen LogP) is 5.73. The Morgan fingerprint density at radius 1 is 0.700 bits per heavy atom. The fourth-order valence-corrected chi connectivity index (χ4v) is 3.90. The van der Waals surface area contributed by atoms with Crippen LogP contribution >= 0.6 is 31.9 Å². The molecule has 5 heteroatoms. The Morgan fingerprint density at radius 2 is 1.13 bits per heavy atom. The number of ketones is 2. The molecule has 0 atom stereocenters. The minimum absolute atomic E-state index is 0.0578. The Labute approximate surface area is 192 Å². The number of hydrogen-bond donors (Lipinski definition) is 1. The summed E-state index contributed by atoms with van der Waals surface area (Å²) in [6, 6.07) is 15.5. The second kappa shape index (κ2) is 9.21. The van der Waals surface area contributed by atoms with Crippen molar-refractivity contribution in [1.29, 1.82) is 0 Å². The van der Waals surface area contributed by atoms with Gasteiger partial charge >= 0.3 is 0 Å². The molecule has 2 aliphatic carbocycles. The highest BCUT2D eigenvalue weighted by molar-refractivity contribution is 9.10. The Kier molecular flexibility index (Phi) is 6.86. The lowest BCUT2D eigenvalue weighted by Gasteiger charge is -2.24. The predicted molar refractivity (Wildman–Crippen MR) is 126 cm³/mol. The third-order valence-corrected chi connectivity index (χ3v) is 5.91. The highest BCUT2D eigenvalue weighted by Gasteiger charge is 2.25. The summed E-state index contributed by atoms with van der Waals surface area (Å²) in [5, 5.41) is 10.2. The van der Waals surface area contributed by atoms with E-state index in [1.54, 1.807) is 12.2 Å². The van der Waals surface area contributed by atoms with Gasteiger partial charge in [0.25, 0.3) is 0 Å². The number of carbonyl (C=O) groups is 2. The maximum atomic E-state index is 11.1. The van der Waals surface area contributed by atoms with E-state index in [1.807, 2.05) is 48.6 Å². The van der Waals surface area contributed by atoms with Crippen molar-refractivity contribution in [2.75, 3.05) is 0 Å². The van der Waals surface area contributed by atoms with Gasteiger partial charge in [-0.1, -0.05) is 68.3 Å². The summed E-state index contributed by atoms with van der Waals surface area (Å²) in [4.78, 5) is 22.0. The summed E-state index contributed by atoms with van der Waals surface area (Å²) in [7, 11) is 0. The Hall–Kier alpha value is -2.34. The van der Waals surface area contributed by atoms with Crippen LogP contribution in [0.15, 0.2) is 106 Å². The maximum absolute atomic E-state index is 11.1. The van der Waals surface area contributed by atoms with Gasteiger partial charge in [-0.05, 0) is 78.8 Å². The average Bonchev–Trinajstić information content (AvgIpc) is 2.73. The molecule has 0 saturated carbocycles. The molecule has 0 aliphatic heterocycles. The third kappa shape index (κ3) is 5.42. The van der Waals surface area contributed by atoms with Gasteiger partial charge in [-0.3, -0.25) is 9.59 Å². The van der Waals surface area contributed by atoms with Gasteiger partial charge in [-0.25, -0.2) is 0 Å². The largest absolute Gasteiger partial charge is 0.377 e. The highest BCUT2D eigenvalue weighted by Crippen LogP contribution is 2.31. The van der Waals surface area contributed by atoms with Gasteiger partial charge in [0.05, 0.1) is 0 Å². The van der Waals surface area contributed by atoms with Crippen molar-refractivity contribution >= 4 is 43.4 Å². The van der Waals surface area contributed by atoms with Gasteiger partial charge in [0.15, 0.2) is 11.6 Å². The Morgan fingerprint density at radius 3 is 1.63 bits per heavy atom. The molecule has 1 N–H and O–H groups in total. The van der Waals surface area contributed by atoms with Gasteiger partial charge in [-0.2, -0.15) is 0 Å². The molecule has 4 rings (SSSR count). The molecule has 3 nitrogen and oxygen atoms in total. The molecular weight excluding hydrogens is 508 g/mol. The number of benzene rings is 2. The number of halogens is 2. The van der Waals surface area contributed by atoms with Crippen molar-refractivity contribution in [3.8, 4) is 0 Å². The van der Waals surface area contributed by atoms with E-state index in [1.165, 1.54) is 29.9 Å². The van der Waals surface area contributed by atoms with Crippen molar-refractivity contribution in [2.45, 2.75) is 17.9 Å². The number of carbonyl (C=O) groups excluding carboxylic acids is 2. The van der Waals surface area contributed by atoms with Gasteiger partial charge in [0.2, 0.25) is 0 Å². The zero-order chi connectivity index (χ0) is 21.8. The maximum Gasteiger partial charge on any atom is 0.178 e. The molecule has 0 unspecified atom stereocenters. The molecule has 0 fully saturated rings. The zero-order valence-electron chi connectivity index (χ0n) is 16.3. The minimum Gasteiger partial charge on any atom is -0.377 e. The van der Waals surface area contributed by atoms with Crippen molar-refractivity contribution in [3.05, 3.63) is 117 Å². The number of hydrogen-bond acceptors (Lipinski definition) is 3. The summed E-state index contributed by atoms with van der Waals surface area (Å²) < 4.78 is 1.95. The van der Waals surface area contributed by atoms with E-state index in [-0.39, 0.29) is 17.0 Å². The first kappa shape index (κ1) is 22.3. The Bertz CT molecular complexity index is 974. The van der Waals surface area contributed by atoms with Crippen molar-refractivity contribution in [3.63, 3.8) is 0 Å². The molecule has 0 aromatic heterocycles. The summed E-state index contributed by atoms with van der Waals surface area (Å²) in [5.41, 5.74) is 0.573. The van der Waals surface area contributed by atoms with Gasteiger partial charge in [0.1, 0.15) is 5.60 Å². The SMILES string of the molecule is CC1(c2cccc(Br)c2)C=CC(=O)C=C1.O=C1C=CC(O)(c2cccc(Br)c2)C=C1. The first-order valence-corrected chi connectivity index (χ1v) is 10.9. The van der Waals surface area contributed by atoms with E-state index in [4.69, 9.17) is 0 Å². The topological polar surface area (TPSA) is 54.4 Å². The first-order valence-electron chi connectivity index (χ1n) is 9.30. The second-order valence-electron chi connectivity index (χ2n) is 7.27. The fraction of sp³-hybridized carbons (Fsp3) is 0.120. The third-order valence-electron chi connectivity index (χ3n) is 4.92. The smallest absolute Gasteiger partial charge is 0.178 e. The molecule has 152 valence electrons. The zero-order valence-corrected chi connectivity index (χ0v) is 19.4. The highest BCUT2D eigenvalue weighted by atomic mass is 79.9. The number of rotatable bonds is 2. The van der Waals surface area contributed by atoms with Crippen molar-refractivity contribution in [2.24, 2.45) is 0 Å². The molecule has 0 bridgehead atoms. The van der Waals surface area contributed by atoms with Crippen molar-refractivity contribution in [1.82, 2.24) is 0 Å². The van der Waals surface area contributed by atoms with Gasteiger partial charge in [0, 0.05) is 14.4 Å². The molecule has 2 aromatic carbocycles. The second-order valence-corrected chi connectivity index (χ2v) is 9.10. The number of aliphatic hydroxyl groups is 1. The van der Waals surface area contributed by atoms with Crippen LogP contribution in [0, 0.1) is 0 Å². The van der Waals surface area contributed by atoms with E-state index in [0.29, 0.717) is 0 Å². The molecular formula is C25H20Br2O3. The molecule has 0 heterocycles. The molecule has 0 saturated heterocycles. The van der Waals surface area contributed by atoms with E-state index < -0.39 is 5.60 Å². The van der Waals surface area contributed by atoms with Crippen molar-refractivity contribution < 1.29 is 14.7 Å². The molecule has 2 aliphatic rings. The van der Waals surface area contributed by atoms with Crippen LogP contribution in [0.4, 0.5) is 0 Å². The van der Waals surface area contributed by atoms with E-state index in [9.17, 15) is 14.7 Å². The van der Waals surface area contributed by atoms with Crippen LogP contribution in [-0.2, 0) is 20.6 Å². The first-order chi connectivity index (χ1) is 14.2. The molecule has 0 spiro atoms. The van der Waals surface area contributed by atoms with Crippen LogP contribution in [-0.4, -0.2) is 16.7 Å². The van der Waals surface area contributed by atoms with Crippen LogP contribution < -0.4 is 0 Å². The standard InChI is InChI=1S/C13H11BrO.C12H9BrO2/c1-13(7-5-12(15)6-8-13)10-3-2-4-11(14)9-10;13-10-3-1-2-9(8-10)12(15)6-4-11(14)5-7-12/h2-9H,1H3;1-8,15H. The molecule has 30 heavy (non-hydrogen) atoms. The molecule has 2 aromatic rings. The van der Waals surface area contributed by atoms with E-state index in [2.05, 4.69) is 50.9 Å². The molecule has 0 radical (unpaired) electrons. The lowest BCUT2D eigenvalue weighted by atomic mass is 9.79. The van der Waals surface area contributed by atoms with E-state index in [0.717, 1.165) is 14.5 Å². The van der Waals surface area contributed by atoms with Crippen LogP contribution in [0.2, 0.25) is 0 Å². The lowest BCUT2D eigenvalue weighted by molar-refractivity contribution is -0.111. The monoisotopic (exact) mass is 526 g/mol. The van der Waals surface area contributed by atoms with Crippen LogP contribution in [0.5, 0.6) is 0 Å². The fourth-order valence-electron chi connectivity index (χ4n) is 3.10. The quantitative estimate of drug-likeness (QED) is 0.542. The normalized spacial score (nSPS) is 18.1. The van der Waals surface area contributed by atoms with Crippen LogP contribution in [0.1, 0.15) is 18.1 Å². The van der Waals surface area contributed by atoms with E-state index >= 15 is 0 Å². The molecule has 0 amide bonds. The van der Waals surface area contributed by atoms with Gasteiger partial charge in [-0.15, -0.1) is 0 Å². The summed E-state index contributed by atoms with van der Waals surface area (Å²) in [6.07, 6.45) is 12.9.